The smallest absolute Gasteiger partial charge is 0.123 e. The monoisotopic (exact) mass is 268 g/mol. The lowest BCUT2D eigenvalue weighted by Gasteiger charge is -2.12. The van der Waals surface area contributed by atoms with Gasteiger partial charge in [-0.25, -0.2) is 0 Å². The molecular formula is C17H16OS. The standard InChI is InChI=1S/C17H16OS/c1-11(12-5-3-2-4-6-12)14-10-17(19)15(9-16(14)18)13-7-8-13/h2-6,9-10,13,18-19H,1,7-8H2. The Balaban J connectivity index is 2.01. The summed E-state index contributed by atoms with van der Waals surface area (Å²) in [5.41, 5.74) is 3.77. The molecule has 1 saturated carbocycles. The van der Waals surface area contributed by atoms with E-state index in [4.69, 9.17) is 0 Å². The summed E-state index contributed by atoms with van der Waals surface area (Å²) in [6.45, 7) is 4.09. The number of hydrogen-bond acceptors (Lipinski definition) is 2. The Morgan fingerprint density at radius 2 is 1.84 bits per heavy atom. The van der Waals surface area contributed by atoms with Gasteiger partial charge in [-0.2, -0.15) is 0 Å². The Morgan fingerprint density at radius 1 is 1.16 bits per heavy atom. The first-order valence-corrected chi connectivity index (χ1v) is 6.92. The van der Waals surface area contributed by atoms with Crippen LogP contribution in [0.3, 0.4) is 0 Å². The van der Waals surface area contributed by atoms with Crippen LogP contribution in [0.5, 0.6) is 5.75 Å². The number of hydrogen-bond donors (Lipinski definition) is 2. The zero-order valence-corrected chi connectivity index (χ0v) is 11.5. The minimum absolute atomic E-state index is 0.300. The van der Waals surface area contributed by atoms with Crippen LogP contribution in [0.1, 0.15) is 35.4 Å². The van der Waals surface area contributed by atoms with Gasteiger partial charge in [-0.05, 0) is 47.6 Å². The van der Waals surface area contributed by atoms with Crippen LogP contribution < -0.4 is 0 Å². The van der Waals surface area contributed by atoms with Crippen molar-refractivity contribution in [3.63, 3.8) is 0 Å². The minimum atomic E-state index is 0.300. The predicted molar refractivity (Wildman–Crippen MR) is 81.9 cm³/mol. The summed E-state index contributed by atoms with van der Waals surface area (Å²) in [6, 6.07) is 13.7. The van der Waals surface area contributed by atoms with Crippen molar-refractivity contribution in [1.82, 2.24) is 0 Å². The Kier molecular flexibility index (Phi) is 3.11. The lowest BCUT2D eigenvalue weighted by molar-refractivity contribution is 0.472. The van der Waals surface area contributed by atoms with E-state index in [1.54, 1.807) is 0 Å². The molecule has 0 unspecified atom stereocenters. The Labute approximate surface area is 119 Å². The van der Waals surface area contributed by atoms with Crippen molar-refractivity contribution in [2.45, 2.75) is 23.7 Å². The zero-order valence-electron chi connectivity index (χ0n) is 10.6. The molecule has 2 heteroatoms. The molecular weight excluding hydrogens is 252 g/mol. The van der Waals surface area contributed by atoms with Crippen LogP contribution in [0, 0.1) is 0 Å². The maximum absolute atomic E-state index is 10.2. The van der Waals surface area contributed by atoms with E-state index in [1.807, 2.05) is 42.5 Å². The topological polar surface area (TPSA) is 20.2 Å². The maximum Gasteiger partial charge on any atom is 0.123 e. The van der Waals surface area contributed by atoms with Crippen LogP contribution in [-0.2, 0) is 0 Å². The van der Waals surface area contributed by atoms with Crippen LogP contribution >= 0.6 is 12.6 Å². The third-order valence-corrected chi connectivity index (χ3v) is 4.00. The van der Waals surface area contributed by atoms with Crippen molar-refractivity contribution in [3.05, 3.63) is 65.7 Å². The maximum atomic E-state index is 10.2. The Hall–Kier alpha value is -1.67. The molecule has 0 bridgehead atoms. The number of benzene rings is 2. The molecule has 2 aromatic carbocycles. The van der Waals surface area contributed by atoms with E-state index in [2.05, 4.69) is 19.2 Å². The molecule has 0 amide bonds. The van der Waals surface area contributed by atoms with Gasteiger partial charge in [0.1, 0.15) is 5.75 Å². The van der Waals surface area contributed by atoms with Gasteiger partial charge in [0, 0.05) is 10.5 Å². The van der Waals surface area contributed by atoms with E-state index >= 15 is 0 Å². The van der Waals surface area contributed by atoms with Gasteiger partial charge in [-0.3, -0.25) is 0 Å². The van der Waals surface area contributed by atoms with Crippen molar-refractivity contribution in [2.75, 3.05) is 0 Å². The second-order valence-electron chi connectivity index (χ2n) is 5.05. The van der Waals surface area contributed by atoms with Crippen molar-refractivity contribution >= 4 is 18.2 Å². The van der Waals surface area contributed by atoms with Crippen LogP contribution in [0.15, 0.2) is 53.9 Å². The van der Waals surface area contributed by atoms with E-state index in [0.29, 0.717) is 11.7 Å². The van der Waals surface area contributed by atoms with Gasteiger partial charge in [0.15, 0.2) is 0 Å². The molecule has 0 aromatic heterocycles. The van der Waals surface area contributed by atoms with E-state index in [1.165, 1.54) is 12.8 Å². The quantitative estimate of drug-likeness (QED) is 0.778. The fraction of sp³-hybridized carbons (Fsp3) is 0.176. The molecule has 3 rings (SSSR count). The van der Waals surface area contributed by atoms with Gasteiger partial charge < -0.3 is 5.11 Å². The molecule has 19 heavy (non-hydrogen) atoms. The van der Waals surface area contributed by atoms with Gasteiger partial charge in [0.25, 0.3) is 0 Å². The van der Waals surface area contributed by atoms with Crippen LogP contribution in [-0.4, -0.2) is 5.11 Å². The fourth-order valence-electron chi connectivity index (χ4n) is 2.35. The summed E-state index contributed by atoms with van der Waals surface area (Å²) in [6.07, 6.45) is 2.40. The first-order chi connectivity index (χ1) is 9.16. The predicted octanol–water partition coefficient (Wildman–Crippen LogP) is 4.62. The number of thiol groups is 1. The van der Waals surface area contributed by atoms with Gasteiger partial charge >= 0.3 is 0 Å². The molecule has 0 atom stereocenters. The van der Waals surface area contributed by atoms with Crippen LogP contribution in [0.25, 0.3) is 5.57 Å². The molecule has 96 valence electrons. The van der Waals surface area contributed by atoms with Crippen molar-refractivity contribution in [1.29, 1.82) is 0 Å². The lowest BCUT2D eigenvalue weighted by atomic mass is 9.96. The molecule has 1 aliphatic rings. The molecule has 1 N–H and O–H groups in total. The summed E-state index contributed by atoms with van der Waals surface area (Å²) in [4.78, 5) is 0.951. The summed E-state index contributed by atoms with van der Waals surface area (Å²) >= 11 is 4.55. The molecule has 1 fully saturated rings. The zero-order chi connectivity index (χ0) is 13.4. The van der Waals surface area contributed by atoms with Crippen molar-refractivity contribution in [2.24, 2.45) is 0 Å². The minimum Gasteiger partial charge on any atom is -0.507 e. The molecule has 0 aliphatic heterocycles. The summed E-state index contributed by atoms with van der Waals surface area (Å²) in [5.74, 6) is 0.881. The highest BCUT2D eigenvalue weighted by Crippen LogP contribution is 2.45. The summed E-state index contributed by atoms with van der Waals surface area (Å²) in [5, 5.41) is 10.2. The largest absolute Gasteiger partial charge is 0.507 e. The highest BCUT2D eigenvalue weighted by molar-refractivity contribution is 7.80. The first-order valence-electron chi connectivity index (χ1n) is 6.47. The third-order valence-electron chi connectivity index (χ3n) is 3.61. The molecule has 0 spiro atoms. The lowest BCUT2D eigenvalue weighted by Crippen LogP contribution is -1.91. The average Bonchev–Trinajstić information content (AvgIpc) is 3.25. The molecule has 1 aliphatic carbocycles. The second-order valence-corrected chi connectivity index (χ2v) is 5.53. The van der Waals surface area contributed by atoms with Crippen LogP contribution in [0.2, 0.25) is 0 Å². The SMILES string of the molecule is C=C(c1ccccc1)c1cc(S)c(C2CC2)cc1O. The number of phenols is 1. The second kappa shape index (κ2) is 4.78. The van der Waals surface area contributed by atoms with Gasteiger partial charge in [0.2, 0.25) is 0 Å². The average molecular weight is 268 g/mol. The van der Waals surface area contributed by atoms with E-state index < -0.39 is 0 Å². The number of aromatic hydroxyl groups is 1. The van der Waals surface area contributed by atoms with E-state index in [-0.39, 0.29) is 0 Å². The van der Waals surface area contributed by atoms with Crippen molar-refractivity contribution < 1.29 is 5.11 Å². The first kappa shape index (κ1) is 12.4. The number of phenolic OH excluding ortho intramolecular Hbond substituents is 1. The molecule has 1 nitrogen and oxygen atoms in total. The molecule has 0 radical (unpaired) electrons. The Bertz CT molecular complexity index is 627. The molecule has 2 aromatic rings. The Morgan fingerprint density at radius 3 is 2.47 bits per heavy atom. The van der Waals surface area contributed by atoms with Gasteiger partial charge in [0.05, 0.1) is 0 Å². The fourth-order valence-corrected chi connectivity index (χ4v) is 2.73. The van der Waals surface area contributed by atoms with Gasteiger partial charge in [-0.15, -0.1) is 12.6 Å². The van der Waals surface area contributed by atoms with E-state index in [0.717, 1.165) is 27.2 Å². The summed E-state index contributed by atoms with van der Waals surface area (Å²) < 4.78 is 0. The number of rotatable bonds is 3. The molecule has 0 heterocycles. The van der Waals surface area contributed by atoms with E-state index in [9.17, 15) is 5.11 Å². The third kappa shape index (κ3) is 2.41. The van der Waals surface area contributed by atoms with Crippen molar-refractivity contribution in [3.8, 4) is 5.75 Å². The highest BCUT2D eigenvalue weighted by atomic mass is 32.1. The summed E-state index contributed by atoms with van der Waals surface area (Å²) in [7, 11) is 0. The molecule has 0 saturated heterocycles. The highest BCUT2D eigenvalue weighted by Gasteiger charge is 2.26. The van der Waals surface area contributed by atoms with Crippen LogP contribution in [0.4, 0.5) is 0 Å². The normalized spacial score (nSPS) is 14.4. The van der Waals surface area contributed by atoms with Gasteiger partial charge in [-0.1, -0.05) is 36.9 Å².